The van der Waals surface area contributed by atoms with Crippen molar-refractivity contribution in [1.82, 2.24) is 10.2 Å². The van der Waals surface area contributed by atoms with Crippen LogP contribution in [0.3, 0.4) is 0 Å². The Balaban J connectivity index is 0.00000102. The van der Waals surface area contributed by atoms with Crippen LogP contribution in [-0.4, -0.2) is 27.2 Å². The van der Waals surface area contributed by atoms with Crippen LogP contribution in [0.2, 0.25) is 0 Å². The number of carbonyl (C=O) groups excluding carboxylic acids is 1. The van der Waals surface area contributed by atoms with E-state index in [9.17, 15) is 14.4 Å². The summed E-state index contributed by atoms with van der Waals surface area (Å²) in [5, 5.41) is 19.4. The van der Waals surface area contributed by atoms with Gasteiger partial charge in [0.15, 0.2) is 0 Å². The second-order valence-electron chi connectivity index (χ2n) is 5.83. The van der Waals surface area contributed by atoms with Gasteiger partial charge in [0.1, 0.15) is 0 Å². The van der Waals surface area contributed by atoms with Gasteiger partial charge in [-0.3, -0.25) is 14.4 Å². The molecule has 3 aromatic rings. The predicted molar refractivity (Wildman–Crippen MR) is 104 cm³/mol. The topological polar surface area (TPSA) is 112 Å². The molecule has 1 aliphatic carbocycles. The summed E-state index contributed by atoms with van der Waals surface area (Å²) in [6.45, 7) is 4.00. The number of aromatic amines is 1. The predicted octanol–water partition coefficient (Wildman–Crippen LogP) is 3.40. The van der Waals surface area contributed by atoms with E-state index in [0.29, 0.717) is 16.8 Å². The number of carbonyl (C=O) groups is 2. The first kappa shape index (κ1) is 18.3. The van der Waals surface area contributed by atoms with Crippen LogP contribution < -0.4 is 10.9 Å². The van der Waals surface area contributed by atoms with Crippen molar-refractivity contribution in [2.75, 3.05) is 5.32 Å². The van der Waals surface area contributed by atoms with E-state index in [2.05, 4.69) is 15.5 Å². The maximum absolute atomic E-state index is 12.0. The van der Waals surface area contributed by atoms with Gasteiger partial charge in [0.25, 0.3) is 5.56 Å². The highest BCUT2D eigenvalue weighted by atomic mass is 16.4. The van der Waals surface area contributed by atoms with Gasteiger partial charge in [-0.2, -0.15) is 5.10 Å². The summed E-state index contributed by atoms with van der Waals surface area (Å²) in [5.74, 6) is -1.38. The Bertz CT molecular complexity index is 1100. The molecule has 0 unspecified atom stereocenters. The summed E-state index contributed by atoms with van der Waals surface area (Å²) in [5.41, 5.74) is 3.68. The molecule has 7 heteroatoms. The molecule has 0 spiro atoms. The van der Waals surface area contributed by atoms with E-state index in [-0.39, 0.29) is 24.3 Å². The maximum Gasteiger partial charge on any atom is 0.303 e. The van der Waals surface area contributed by atoms with Gasteiger partial charge in [-0.05, 0) is 29.3 Å². The fraction of sp³-hybridized carbons (Fsp3) is 0.200. The lowest BCUT2D eigenvalue weighted by Crippen LogP contribution is -2.13. The molecular formula is C20H19N3O4. The largest absolute Gasteiger partial charge is 0.481 e. The summed E-state index contributed by atoms with van der Waals surface area (Å²) < 4.78 is 0. The second-order valence-corrected chi connectivity index (χ2v) is 5.83. The second kappa shape index (κ2) is 7.41. The number of hydrogen-bond donors (Lipinski definition) is 3. The fourth-order valence-corrected chi connectivity index (χ4v) is 3.14. The molecular weight excluding hydrogens is 346 g/mol. The molecule has 0 bridgehead atoms. The van der Waals surface area contributed by atoms with Crippen molar-refractivity contribution in [2.45, 2.75) is 26.7 Å². The zero-order valence-electron chi connectivity index (χ0n) is 15.0. The molecule has 0 aliphatic heterocycles. The summed E-state index contributed by atoms with van der Waals surface area (Å²) >= 11 is 0. The van der Waals surface area contributed by atoms with Crippen LogP contribution in [-0.2, 0) is 9.59 Å². The Morgan fingerprint density at radius 2 is 1.85 bits per heavy atom. The van der Waals surface area contributed by atoms with Crippen LogP contribution in [0.4, 0.5) is 5.69 Å². The smallest absolute Gasteiger partial charge is 0.303 e. The zero-order valence-corrected chi connectivity index (χ0v) is 15.0. The number of H-pyrrole nitrogens is 1. The van der Waals surface area contributed by atoms with Gasteiger partial charge >= 0.3 is 5.97 Å². The van der Waals surface area contributed by atoms with Crippen molar-refractivity contribution in [3.63, 3.8) is 0 Å². The van der Waals surface area contributed by atoms with Gasteiger partial charge in [0.05, 0.1) is 17.5 Å². The normalized spacial score (nSPS) is 10.7. The van der Waals surface area contributed by atoms with E-state index < -0.39 is 5.97 Å². The van der Waals surface area contributed by atoms with E-state index >= 15 is 0 Å². The summed E-state index contributed by atoms with van der Waals surface area (Å²) in [4.78, 5) is 34.4. The molecule has 27 heavy (non-hydrogen) atoms. The lowest BCUT2D eigenvalue weighted by atomic mass is 10.0. The Morgan fingerprint density at radius 1 is 1.07 bits per heavy atom. The number of fused-ring (bicyclic) bond motifs is 3. The number of nitrogens with one attached hydrogen (secondary N) is 2. The highest BCUT2D eigenvalue weighted by Gasteiger charge is 2.24. The van der Waals surface area contributed by atoms with E-state index in [1.165, 1.54) is 0 Å². The minimum Gasteiger partial charge on any atom is -0.481 e. The number of benzene rings is 2. The van der Waals surface area contributed by atoms with Crippen molar-refractivity contribution in [3.05, 3.63) is 46.8 Å². The molecule has 1 amide bonds. The van der Waals surface area contributed by atoms with Crippen molar-refractivity contribution < 1.29 is 14.7 Å². The summed E-state index contributed by atoms with van der Waals surface area (Å²) in [7, 11) is 0. The Kier molecular flexibility index (Phi) is 5.03. The molecule has 138 valence electrons. The third-order valence-corrected chi connectivity index (χ3v) is 4.23. The SMILES string of the molecule is CC.O=C(O)CCC(=O)Nc1ccc2c(c1)-c1n[nH]c(=O)c3cccc-2c13. The molecule has 3 N–H and O–H groups in total. The molecule has 0 saturated heterocycles. The lowest BCUT2D eigenvalue weighted by Gasteiger charge is -2.07. The molecule has 1 heterocycles. The van der Waals surface area contributed by atoms with E-state index in [0.717, 1.165) is 22.1 Å². The molecule has 0 radical (unpaired) electrons. The fourth-order valence-electron chi connectivity index (χ4n) is 3.14. The Hall–Kier alpha value is -3.48. The number of amides is 1. The highest BCUT2D eigenvalue weighted by Crippen LogP contribution is 2.45. The standard InChI is InChI=1S/C18H13N3O4.C2H6/c22-14(6-7-15(23)24)19-9-4-5-10-11-2-1-3-12-16(11)17(13(10)8-9)20-21-18(12)25;1-2/h1-5,8H,6-7H2,(H,19,22)(H,21,25)(H,23,24);1-2H3. The van der Waals surface area contributed by atoms with Gasteiger partial charge in [-0.25, -0.2) is 5.10 Å². The average Bonchev–Trinajstić information content (AvgIpc) is 2.99. The quantitative estimate of drug-likeness (QED) is 0.513. The van der Waals surface area contributed by atoms with Crippen LogP contribution in [0.25, 0.3) is 33.2 Å². The highest BCUT2D eigenvalue weighted by molar-refractivity contribution is 6.14. The number of aromatic nitrogens is 2. The van der Waals surface area contributed by atoms with E-state index in [1.54, 1.807) is 18.2 Å². The third kappa shape index (κ3) is 3.31. The third-order valence-electron chi connectivity index (χ3n) is 4.23. The molecule has 2 aromatic carbocycles. The van der Waals surface area contributed by atoms with E-state index in [1.807, 2.05) is 32.0 Å². The molecule has 0 fully saturated rings. The summed E-state index contributed by atoms with van der Waals surface area (Å²) in [6.07, 6.45) is -0.307. The van der Waals surface area contributed by atoms with E-state index in [4.69, 9.17) is 5.11 Å². The molecule has 1 aliphatic rings. The van der Waals surface area contributed by atoms with Gasteiger partial charge < -0.3 is 10.4 Å². The number of carboxylic acids is 1. The summed E-state index contributed by atoms with van der Waals surface area (Å²) in [6, 6.07) is 10.9. The lowest BCUT2D eigenvalue weighted by molar-refractivity contribution is -0.138. The van der Waals surface area contributed by atoms with Crippen molar-refractivity contribution in [1.29, 1.82) is 0 Å². The van der Waals surface area contributed by atoms with Crippen LogP contribution in [0, 0.1) is 0 Å². The monoisotopic (exact) mass is 365 g/mol. The van der Waals surface area contributed by atoms with Crippen molar-refractivity contribution in [2.24, 2.45) is 0 Å². The first-order chi connectivity index (χ1) is 13.0. The molecule has 1 aromatic heterocycles. The Labute approximate surface area is 155 Å². The number of anilines is 1. The molecule has 0 saturated carbocycles. The van der Waals surface area contributed by atoms with Gasteiger partial charge in [-0.15, -0.1) is 0 Å². The van der Waals surface area contributed by atoms with Crippen LogP contribution >= 0.6 is 0 Å². The number of aliphatic carboxylic acids is 1. The number of rotatable bonds is 4. The average molecular weight is 365 g/mol. The number of hydrogen-bond acceptors (Lipinski definition) is 4. The number of carboxylic acid groups (broad SMARTS) is 1. The van der Waals surface area contributed by atoms with Crippen molar-refractivity contribution in [3.8, 4) is 22.4 Å². The van der Waals surface area contributed by atoms with Gasteiger partial charge in [0.2, 0.25) is 5.91 Å². The maximum atomic E-state index is 12.0. The van der Waals surface area contributed by atoms with Crippen LogP contribution in [0.5, 0.6) is 0 Å². The van der Waals surface area contributed by atoms with Crippen LogP contribution in [0.1, 0.15) is 26.7 Å². The minimum absolute atomic E-state index is 0.0895. The van der Waals surface area contributed by atoms with Gasteiger partial charge in [-0.1, -0.05) is 32.0 Å². The zero-order chi connectivity index (χ0) is 19.6. The first-order valence-electron chi connectivity index (χ1n) is 8.72. The number of nitrogens with zero attached hydrogens (tertiary/aromatic N) is 1. The first-order valence-corrected chi connectivity index (χ1v) is 8.72. The van der Waals surface area contributed by atoms with Crippen LogP contribution in [0.15, 0.2) is 41.2 Å². The minimum atomic E-state index is -1.01. The molecule has 0 atom stereocenters. The Morgan fingerprint density at radius 3 is 2.59 bits per heavy atom. The van der Waals surface area contributed by atoms with Gasteiger partial charge in [0, 0.05) is 23.1 Å². The molecule has 4 rings (SSSR count). The molecule has 7 nitrogen and oxygen atoms in total. The van der Waals surface area contributed by atoms with Crippen molar-refractivity contribution >= 4 is 28.3 Å².